The first-order valence-electron chi connectivity index (χ1n) is 13.5. The third-order valence-electron chi connectivity index (χ3n) is 6.65. The van der Waals surface area contributed by atoms with Crippen LogP contribution < -0.4 is 9.62 Å². The van der Waals surface area contributed by atoms with Gasteiger partial charge in [0.25, 0.3) is 10.0 Å². The molecule has 43 heavy (non-hydrogen) atoms. The molecule has 0 heterocycles. The fourth-order valence-electron chi connectivity index (χ4n) is 4.59. The Bertz CT molecular complexity index is 1670. The molecule has 11 heteroatoms. The van der Waals surface area contributed by atoms with E-state index in [1.807, 2.05) is 54.6 Å². The number of benzene rings is 4. The summed E-state index contributed by atoms with van der Waals surface area (Å²) in [6, 6.07) is 28.0. The van der Waals surface area contributed by atoms with Gasteiger partial charge in [0.15, 0.2) is 0 Å². The molecule has 0 radical (unpaired) electrons. The number of halogens is 3. The second-order valence-electron chi connectivity index (χ2n) is 9.67. The molecule has 0 bridgehead atoms. The van der Waals surface area contributed by atoms with Gasteiger partial charge in [-0.25, -0.2) is 8.42 Å². The molecule has 1 N–H and O–H groups in total. The maximum Gasteiger partial charge on any atom is 0.264 e. The van der Waals surface area contributed by atoms with E-state index in [0.717, 1.165) is 19.9 Å². The summed E-state index contributed by atoms with van der Waals surface area (Å²) in [6.45, 7) is 1.58. The molecule has 0 unspecified atom stereocenters. The molecule has 4 aromatic rings. The highest BCUT2D eigenvalue weighted by Crippen LogP contribution is 2.33. The average Bonchev–Trinajstić information content (AvgIpc) is 3.00. The van der Waals surface area contributed by atoms with Gasteiger partial charge in [0.1, 0.15) is 12.6 Å². The van der Waals surface area contributed by atoms with Crippen LogP contribution in [0.25, 0.3) is 0 Å². The van der Waals surface area contributed by atoms with Crippen LogP contribution in [0, 0.1) is 0 Å². The van der Waals surface area contributed by atoms with E-state index < -0.39 is 28.5 Å². The van der Waals surface area contributed by atoms with Gasteiger partial charge >= 0.3 is 0 Å². The van der Waals surface area contributed by atoms with Gasteiger partial charge in [-0.15, -0.1) is 0 Å². The molecule has 224 valence electrons. The van der Waals surface area contributed by atoms with Crippen LogP contribution in [-0.2, 0) is 32.6 Å². The highest BCUT2D eigenvalue weighted by Gasteiger charge is 2.35. The second-order valence-corrected chi connectivity index (χ2v) is 13.3. The van der Waals surface area contributed by atoms with Gasteiger partial charge in [0.05, 0.1) is 15.6 Å². The maximum absolute atomic E-state index is 14.4. The zero-order valence-electron chi connectivity index (χ0n) is 23.3. The summed E-state index contributed by atoms with van der Waals surface area (Å²) in [4.78, 5) is 29.3. The Morgan fingerprint density at radius 2 is 1.51 bits per heavy atom. The lowest BCUT2D eigenvalue weighted by molar-refractivity contribution is -0.140. The van der Waals surface area contributed by atoms with E-state index in [1.165, 1.54) is 35.2 Å². The molecule has 0 fully saturated rings. The van der Waals surface area contributed by atoms with Crippen LogP contribution in [0.15, 0.2) is 112 Å². The van der Waals surface area contributed by atoms with E-state index in [9.17, 15) is 18.0 Å². The van der Waals surface area contributed by atoms with Crippen molar-refractivity contribution in [3.05, 3.63) is 129 Å². The number of sulfonamides is 1. The summed E-state index contributed by atoms with van der Waals surface area (Å²) in [5.74, 6) is -0.948. The minimum absolute atomic E-state index is 0.0260. The molecule has 1 atom stereocenters. The molecule has 0 spiro atoms. The van der Waals surface area contributed by atoms with Crippen LogP contribution in [-0.4, -0.2) is 44.3 Å². The maximum atomic E-state index is 14.4. The summed E-state index contributed by atoms with van der Waals surface area (Å²) >= 11 is 16.2. The summed E-state index contributed by atoms with van der Waals surface area (Å²) < 4.78 is 29.8. The van der Waals surface area contributed by atoms with Gasteiger partial charge in [0.2, 0.25) is 11.8 Å². The standard InChI is InChI=1S/C32H30BrCl2N3O4S/c1-2-36-32(40)30(19-23-10-5-3-6-11-23)37(21-24-12-9-13-25(33)18-24)31(39)22-38(29-20-26(34)16-17-28(29)35)43(41,42)27-14-7-4-8-15-27/h3-18,20,30H,2,19,21-22H2,1H3,(H,36,40)/t30-/m1/s1. The predicted molar refractivity (Wildman–Crippen MR) is 175 cm³/mol. The van der Waals surface area contributed by atoms with Gasteiger partial charge in [-0.05, 0) is 60.5 Å². The molecule has 0 aliphatic heterocycles. The van der Waals surface area contributed by atoms with Crippen molar-refractivity contribution in [3.63, 3.8) is 0 Å². The van der Waals surface area contributed by atoms with E-state index >= 15 is 0 Å². The lowest BCUT2D eigenvalue weighted by Gasteiger charge is -2.34. The van der Waals surface area contributed by atoms with Gasteiger partial charge in [0, 0.05) is 29.0 Å². The number of nitrogens with one attached hydrogen (secondary N) is 1. The third kappa shape index (κ3) is 8.38. The highest BCUT2D eigenvalue weighted by atomic mass is 79.9. The lowest BCUT2D eigenvalue weighted by Crippen LogP contribution is -2.53. The first-order valence-corrected chi connectivity index (χ1v) is 16.5. The smallest absolute Gasteiger partial charge is 0.264 e. The quantitative estimate of drug-likeness (QED) is 0.178. The third-order valence-corrected chi connectivity index (χ3v) is 9.47. The summed E-state index contributed by atoms with van der Waals surface area (Å²) in [5, 5.41) is 3.19. The van der Waals surface area contributed by atoms with E-state index in [4.69, 9.17) is 23.2 Å². The Balaban J connectivity index is 1.82. The molecule has 2 amide bonds. The van der Waals surface area contributed by atoms with Crippen molar-refractivity contribution in [1.82, 2.24) is 10.2 Å². The van der Waals surface area contributed by atoms with E-state index in [0.29, 0.717) is 6.54 Å². The number of likely N-dealkylation sites (N-methyl/N-ethyl adjacent to an activating group) is 1. The van der Waals surface area contributed by atoms with Crippen molar-refractivity contribution in [1.29, 1.82) is 0 Å². The SMILES string of the molecule is CCNC(=O)[C@@H](Cc1ccccc1)N(Cc1cccc(Br)c1)C(=O)CN(c1cc(Cl)ccc1Cl)S(=O)(=O)c1ccccc1. The fraction of sp³-hybridized carbons (Fsp3) is 0.188. The zero-order chi connectivity index (χ0) is 31.0. The lowest BCUT2D eigenvalue weighted by atomic mass is 10.0. The molecule has 7 nitrogen and oxygen atoms in total. The van der Waals surface area contributed by atoms with E-state index in [1.54, 1.807) is 25.1 Å². The van der Waals surface area contributed by atoms with E-state index in [-0.39, 0.29) is 39.5 Å². The normalized spacial score (nSPS) is 11.9. The molecular formula is C32H30BrCl2N3O4S. The van der Waals surface area contributed by atoms with Crippen LogP contribution in [0.3, 0.4) is 0 Å². The molecule has 0 aliphatic rings. The van der Waals surface area contributed by atoms with Gasteiger partial charge in [-0.2, -0.15) is 0 Å². The largest absolute Gasteiger partial charge is 0.355 e. The van der Waals surface area contributed by atoms with Crippen LogP contribution in [0.4, 0.5) is 5.69 Å². The number of hydrogen-bond donors (Lipinski definition) is 1. The first kappa shape index (κ1) is 32.5. The van der Waals surface area contributed by atoms with Crippen LogP contribution in [0.1, 0.15) is 18.1 Å². The van der Waals surface area contributed by atoms with Crippen LogP contribution in [0.5, 0.6) is 0 Å². The van der Waals surface area contributed by atoms with Gasteiger partial charge < -0.3 is 10.2 Å². The predicted octanol–water partition coefficient (Wildman–Crippen LogP) is 6.73. The minimum Gasteiger partial charge on any atom is -0.355 e. The van der Waals surface area contributed by atoms with Crippen molar-refractivity contribution in [2.75, 3.05) is 17.4 Å². The monoisotopic (exact) mass is 701 g/mol. The first-order chi connectivity index (χ1) is 20.6. The van der Waals surface area contributed by atoms with Crippen molar-refractivity contribution in [3.8, 4) is 0 Å². The number of carbonyl (C=O) groups is 2. The number of anilines is 1. The average molecular weight is 703 g/mol. The number of rotatable bonds is 12. The van der Waals surface area contributed by atoms with Crippen molar-refractivity contribution < 1.29 is 18.0 Å². The Kier molecular flexibility index (Phi) is 11.3. The molecule has 4 rings (SSSR count). The summed E-state index contributed by atoms with van der Waals surface area (Å²) in [5.41, 5.74) is 1.65. The fourth-order valence-corrected chi connectivity index (χ4v) is 6.92. The number of carbonyl (C=O) groups excluding carboxylic acids is 2. The molecule has 0 aliphatic carbocycles. The Labute approximate surface area is 270 Å². The minimum atomic E-state index is -4.28. The Morgan fingerprint density at radius 1 is 0.860 bits per heavy atom. The van der Waals surface area contributed by atoms with Crippen molar-refractivity contribution >= 4 is 66.7 Å². The number of hydrogen-bond acceptors (Lipinski definition) is 4. The number of nitrogens with zero attached hydrogens (tertiary/aromatic N) is 2. The van der Waals surface area contributed by atoms with E-state index in [2.05, 4.69) is 21.2 Å². The zero-order valence-corrected chi connectivity index (χ0v) is 27.2. The van der Waals surface area contributed by atoms with Crippen LogP contribution in [0.2, 0.25) is 10.0 Å². The van der Waals surface area contributed by atoms with Gasteiger partial charge in [-0.1, -0.05) is 99.8 Å². The topological polar surface area (TPSA) is 86.8 Å². The molecule has 0 saturated heterocycles. The molecule has 0 saturated carbocycles. The molecular weight excluding hydrogens is 673 g/mol. The summed E-state index contributed by atoms with van der Waals surface area (Å²) in [7, 11) is -4.28. The van der Waals surface area contributed by atoms with Crippen molar-refractivity contribution in [2.24, 2.45) is 0 Å². The number of amides is 2. The Hall–Kier alpha value is -3.37. The Morgan fingerprint density at radius 3 is 2.16 bits per heavy atom. The highest BCUT2D eigenvalue weighted by molar-refractivity contribution is 9.10. The second kappa shape index (κ2) is 14.9. The summed E-state index contributed by atoms with van der Waals surface area (Å²) in [6.07, 6.45) is 0.218. The van der Waals surface area contributed by atoms with Crippen molar-refractivity contribution in [2.45, 2.75) is 30.8 Å². The molecule has 0 aromatic heterocycles. The van der Waals surface area contributed by atoms with Crippen LogP contribution >= 0.6 is 39.1 Å². The molecule has 4 aromatic carbocycles. The van der Waals surface area contributed by atoms with Gasteiger partial charge in [-0.3, -0.25) is 13.9 Å².